The zero-order valence-electron chi connectivity index (χ0n) is 10.3. The van der Waals surface area contributed by atoms with Crippen LogP contribution < -0.4 is 5.73 Å². The van der Waals surface area contributed by atoms with E-state index in [0.29, 0.717) is 16.7 Å². The SMILES string of the molecule is NC(=O)c1ccc2c(c1)C(=O)OC2c1ccc(F)cc1. The van der Waals surface area contributed by atoms with Gasteiger partial charge in [0.1, 0.15) is 5.82 Å². The lowest BCUT2D eigenvalue weighted by Gasteiger charge is -2.10. The van der Waals surface area contributed by atoms with Crippen molar-refractivity contribution in [1.29, 1.82) is 0 Å². The molecule has 0 saturated carbocycles. The fourth-order valence-corrected chi connectivity index (χ4v) is 2.23. The summed E-state index contributed by atoms with van der Waals surface area (Å²) < 4.78 is 18.2. The number of hydrogen-bond donors (Lipinski definition) is 1. The van der Waals surface area contributed by atoms with Crippen molar-refractivity contribution in [1.82, 2.24) is 0 Å². The minimum absolute atomic E-state index is 0.250. The molecule has 1 amide bonds. The predicted octanol–water partition coefficient (Wildman–Crippen LogP) is 2.18. The number of nitrogens with two attached hydrogens (primary N) is 1. The van der Waals surface area contributed by atoms with Gasteiger partial charge in [0.25, 0.3) is 0 Å². The van der Waals surface area contributed by atoms with Crippen molar-refractivity contribution in [2.24, 2.45) is 5.73 Å². The first kappa shape index (κ1) is 12.3. The molecular weight excluding hydrogens is 261 g/mol. The van der Waals surface area contributed by atoms with E-state index in [9.17, 15) is 14.0 Å². The largest absolute Gasteiger partial charge is 0.449 e. The second-order valence-electron chi connectivity index (χ2n) is 4.50. The number of rotatable bonds is 2. The van der Waals surface area contributed by atoms with Crippen molar-refractivity contribution in [3.63, 3.8) is 0 Å². The van der Waals surface area contributed by atoms with Gasteiger partial charge < -0.3 is 10.5 Å². The average molecular weight is 271 g/mol. The van der Waals surface area contributed by atoms with Crippen LogP contribution in [-0.4, -0.2) is 11.9 Å². The maximum absolute atomic E-state index is 12.9. The molecule has 20 heavy (non-hydrogen) atoms. The highest BCUT2D eigenvalue weighted by Gasteiger charge is 2.32. The van der Waals surface area contributed by atoms with Crippen molar-refractivity contribution >= 4 is 11.9 Å². The maximum Gasteiger partial charge on any atom is 0.339 e. The minimum Gasteiger partial charge on any atom is -0.449 e. The molecule has 0 spiro atoms. The van der Waals surface area contributed by atoms with E-state index in [4.69, 9.17) is 10.5 Å². The molecule has 5 heteroatoms. The Balaban J connectivity index is 2.06. The van der Waals surface area contributed by atoms with Crippen LogP contribution in [0.1, 0.15) is 37.9 Å². The second kappa shape index (κ2) is 4.45. The van der Waals surface area contributed by atoms with E-state index in [1.165, 1.54) is 18.2 Å². The van der Waals surface area contributed by atoms with Crippen LogP contribution in [0.25, 0.3) is 0 Å². The van der Waals surface area contributed by atoms with Gasteiger partial charge in [-0.2, -0.15) is 0 Å². The molecule has 0 radical (unpaired) electrons. The molecule has 1 unspecified atom stereocenters. The first-order chi connectivity index (χ1) is 9.56. The smallest absolute Gasteiger partial charge is 0.339 e. The fourth-order valence-electron chi connectivity index (χ4n) is 2.23. The highest BCUT2D eigenvalue weighted by atomic mass is 19.1. The maximum atomic E-state index is 12.9. The zero-order chi connectivity index (χ0) is 14.3. The third kappa shape index (κ3) is 1.93. The number of halogens is 1. The third-order valence-electron chi connectivity index (χ3n) is 3.24. The van der Waals surface area contributed by atoms with Crippen LogP contribution in [0.15, 0.2) is 42.5 Å². The van der Waals surface area contributed by atoms with Crippen LogP contribution in [0.3, 0.4) is 0 Å². The van der Waals surface area contributed by atoms with Crippen molar-refractivity contribution in [3.8, 4) is 0 Å². The van der Waals surface area contributed by atoms with Gasteiger partial charge >= 0.3 is 5.97 Å². The zero-order valence-corrected chi connectivity index (χ0v) is 10.3. The van der Waals surface area contributed by atoms with Gasteiger partial charge in [-0.25, -0.2) is 9.18 Å². The summed E-state index contributed by atoms with van der Waals surface area (Å²) >= 11 is 0. The summed E-state index contributed by atoms with van der Waals surface area (Å²) in [4.78, 5) is 23.0. The number of primary amides is 1. The summed E-state index contributed by atoms with van der Waals surface area (Å²) in [7, 11) is 0. The highest BCUT2D eigenvalue weighted by Crippen LogP contribution is 2.36. The van der Waals surface area contributed by atoms with E-state index in [0.717, 1.165) is 0 Å². The van der Waals surface area contributed by atoms with Gasteiger partial charge in [-0.05, 0) is 29.8 Å². The molecule has 1 aliphatic heterocycles. The quantitative estimate of drug-likeness (QED) is 0.851. The molecule has 3 rings (SSSR count). The molecule has 2 N–H and O–H groups in total. The van der Waals surface area contributed by atoms with Gasteiger partial charge in [0, 0.05) is 11.1 Å². The third-order valence-corrected chi connectivity index (χ3v) is 3.24. The molecule has 1 atom stereocenters. The van der Waals surface area contributed by atoms with E-state index in [1.807, 2.05) is 0 Å². The lowest BCUT2D eigenvalue weighted by Crippen LogP contribution is -2.11. The lowest BCUT2D eigenvalue weighted by atomic mass is 9.97. The number of benzene rings is 2. The van der Waals surface area contributed by atoms with Gasteiger partial charge in [-0.15, -0.1) is 0 Å². The Morgan fingerprint density at radius 2 is 1.85 bits per heavy atom. The van der Waals surface area contributed by atoms with Crippen molar-refractivity contribution in [3.05, 3.63) is 70.5 Å². The van der Waals surface area contributed by atoms with Gasteiger partial charge in [0.05, 0.1) is 5.56 Å². The summed E-state index contributed by atoms with van der Waals surface area (Å²) in [5, 5.41) is 0. The minimum atomic E-state index is -0.606. The second-order valence-corrected chi connectivity index (χ2v) is 4.50. The Morgan fingerprint density at radius 1 is 1.15 bits per heavy atom. The molecule has 4 nitrogen and oxygen atoms in total. The van der Waals surface area contributed by atoms with Crippen LogP contribution in [-0.2, 0) is 4.74 Å². The van der Waals surface area contributed by atoms with Gasteiger partial charge in [0.2, 0.25) is 5.91 Å². The van der Waals surface area contributed by atoms with E-state index < -0.39 is 18.0 Å². The Kier molecular flexibility index (Phi) is 2.75. The summed E-state index contributed by atoms with van der Waals surface area (Å²) in [5.74, 6) is -1.48. The number of cyclic esters (lactones) is 1. The van der Waals surface area contributed by atoms with Crippen LogP contribution >= 0.6 is 0 Å². The average Bonchev–Trinajstić information content (AvgIpc) is 2.76. The summed E-state index contributed by atoms with van der Waals surface area (Å²) in [6.07, 6.45) is -0.583. The number of ether oxygens (including phenoxy) is 1. The predicted molar refractivity (Wildman–Crippen MR) is 68.6 cm³/mol. The van der Waals surface area contributed by atoms with Gasteiger partial charge in [-0.1, -0.05) is 18.2 Å². The molecule has 0 bridgehead atoms. The van der Waals surface area contributed by atoms with Crippen LogP contribution in [0.2, 0.25) is 0 Å². The Bertz CT molecular complexity index is 710. The first-order valence-electron chi connectivity index (χ1n) is 5.96. The number of esters is 1. The standard InChI is InChI=1S/C15H10FNO3/c16-10-4-1-8(2-5-10)13-11-6-3-9(14(17)18)7-12(11)15(19)20-13/h1-7,13H,(H2,17,18). The Morgan fingerprint density at radius 3 is 2.50 bits per heavy atom. The number of carbonyl (C=O) groups is 2. The van der Waals surface area contributed by atoms with E-state index in [1.54, 1.807) is 24.3 Å². The summed E-state index contributed by atoms with van der Waals surface area (Å²) in [6.45, 7) is 0. The molecule has 0 aliphatic carbocycles. The molecular formula is C15H10FNO3. The molecule has 2 aromatic rings. The number of amides is 1. The molecule has 0 saturated heterocycles. The molecule has 0 fully saturated rings. The fraction of sp³-hybridized carbons (Fsp3) is 0.0667. The summed E-state index contributed by atoms with van der Waals surface area (Å²) in [6, 6.07) is 10.3. The Hall–Kier alpha value is -2.69. The molecule has 100 valence electrons. The van der Waals surface area contributed by atoms with E-state index in [2.05, 4.69) is 0 Å². The van der Waals surface area contributed by atoms with Crippen LogP contribution in [0.5, 0.6) is 0 Å². The number of fused-ring (bicyclic) bond motifs is 1. The topological polar surface area (TPSA) is 69.4 Å². The monoisotopic (exact) mass is 271 g/mol. The van der Waals surface area contributed by atoms with Gasteiger partial charge in [-0.3, -0.25) is 4.79 Å². The normalized spacial score (nSPS) is 16.6. The van der Waals surface area contributed by atoms with Gasteiger partial charge in [0.15, 0.2) is 6.10 Å². The van der Waals surface area contributed by atoms with E-state index in [-0.39, 0.29) is 11.4 Å². The molecule has 1 heterocycles. The molecule has 1 aliphatic rings. The van der Waals surface area contributed by atoms with Crippen molar-refractivity contribution in [2.75, 3.05) is 0 Å². The first-order valence-corrected chi connectivity index (χ1v) is 5.96. The number of hydrogen-bond acceptors (Lipinski definition) is 3. The van der Waals surface area contributed by atoms with Crippen molar-refractivity contribution < 1.29 is 18.7 Å². The van der Waals surface area contributed by atoms with Crippen molar-refractivity contribution in [2.45, 2.75) is 6.10 Å². The molecule has 0 aromatic heterocycles. The van der Waals surface area contributed by atoms with Crippen LogP contribution in [0, 0.1) is 5.82 Å². The lowest BCUT2D eigenvalue weighted by molar-refractivity contribution is 0.0456. The Labute approximate surface area is 114 Å². The number of carbonyl (C=O) groups excluding carboxylic acids is 2. The summed E-state index contributed by atoms with van der Waals surface area (Å²) in [5.41, 5.74) is 7.07. The van der Waals surface area contributed by atoms with E-state index >= 15 is 0 Å². The molecule has 2 aromatic carbocycles. The highest BCUT2D eigenvalue weighted by molar-refractivity contribution is 5.99. The van der Waals surface area contributed by atoms with Crippen LogP contribution in [0.4, 0.5) is 4.39 Å².